The third-order valence-corrected chi connectivity index (χ3v) is 3.99. The van der Waals surface area contributed by atoms with Gasteiger partial charge in [-0.25, -0.2) is 9.79 Å². The number of ether oxygens (including phenoxy) is 1. The zero-order valence-electron chi connectivity index (χ0n) is 11.3. The normalized spacial score (nSPS) is 13.2. The average molecular weight is 301 g/mol. The zero-order valence-corrected chi connectivity index (χ0v) is 12.1. The summed E-state index contributed by atoms with van der Waals surface area (Å²) >= 11 is 1.60. The van der Waals surface area contributed by atoms with Gasteiger partial charge in [0.25, 0.3) is 0 Å². The lowest BCUT2D eigenvalue weighted by Crippen LogP contribution is -2.40. The first kappa shape index (κ1) is 13.8. The number of hydrogen-bond donors (Lipinski definition) is 1. The first-order valence-corrected chi connectivity index (χ1v) is 7.22. The van der Waals surface area contributed by atoms with Gasteiger partial charge in [-0.2, -0.15) is 0 Å². The second kappa shape index (κ2) is 5.71. The van der Waals surface area contributed by atoms with Crippen LogP contribution in [0.4, 0.5) is 5.69 Å². The van der Waals surface area contributed by atoms with Crippen LogP contribution in [0.15, 0.2) is 40.7 Å². The van der Waals surface area contributed by atoms with E-state index in [9.17, 15) is 9.82 Å². The molecule has 0 radical (unpaired) electrons. The number of fused-ring (bicyclic) bond motifs is 1. The van der Waals surface area contributed by atoms with Gasteiger partial charge in [0.05, 0.1) is 24.8 Å². The second-order valence-corrected chi connectivity index (χ2v) is 5.53. The van der Waals surface area contributed by atoms with E-state index in [0.29, 0.717) is 29.0 Å². The highest BCUT2D eigenvalue weighted by Crippen LogP contribution is 2.20. The summed E-state index contributed by atoms with van der Waals surface area (Å²) in [6, 6.07) is 8.78. The number of carbonyl (C=O) groups excluding carboxylic acids is 1. The SMILES string of the molecule is COC(=O)c1ccc2c(c1)B(O)OC(Cc1cccs1)=N2. The van der Waals surface area contributed by atoms with Crippen molar-refractivity contribution < 1.29 is 19.2 Å². The average Bonchev–Trinajstić information content (AvgIpc) is 2.99. The molecule has 0 saturated carbocycles. The van der Waals surface area contributed by atoms with Gasteiger partial charge in [0.1, 0.15) is 0 Å². The summed E-state index contributed by atoms with van der Waals surface area (Å²) in [5, 5.41) is 12.1. The maximum absolute atomic E-state index is 11.5. The molecule has 2 aromatic rings. The standard InChI is InChI=1S/C14H12BNO4S/c1-19-14(17)9-4-5-12-11(7-9)15(18)20-13(16-12)8-10-3-2-6-21-10/h2-7,18H,8H2,1H3. The van der Waals surface area contributed by atoms with Crippen LogP contribution in [0.2, 0.25) is 0 Å². The molecule has 0 spiro atoms. The third-order valence-electron chi connectivity index (χ3n) is 3.11. The molecule has 0 bridgehead atoms. The van der Waals surface area contributed by atoms with E-state index in [-0.39, 0.29) is 0 Å². The van der Waals surface area contributed by atoms with Crippen LogP contribution in [-0.4, -0.2) is 31.1 Å². The second-order valence-electron chi connectivity index (χ2n) is 4.50. The van der Waals surface area contributed by atoms with E-state index in [2.05, 4.69) is 9.73 Å². The smallest absolute Gasteiger partial charge is 0.521 e. The molecule has 0 saturated heterocycles. The van der Waals surface area contributed by atoms with Crippen LogP contribution in [-0.2, 0) is 15.8 Å². The Hall–Kier alpha value is -2.12. The van der Waals surface area contributed by atoms with E-state index >= 15 is 0 Å². The fourth-order valence-electron chi connectivity index (χ4n) is 2.10. The summed E-state index contributed by atoms with van der Waals surface area (Å²) in [5.74, 6) is 0.00151. The van der Waals surface area contributed by atoms with Crippen molar-refractivity contribution in [3.8, 4) is 0 Å². The zero-order chi connectivity index (χ0) is 14.8. The molecular weight excluding hydrogens is 289 g/mol. The van der Waals surface area contributed by atoms with Crippen LogP contribution < -0.4 is 5.46 Å². The summed E-state index contributed by atoms with van der Waals surface area (Å²) in [6.45, 7) is 0. The Morgan fingerprint density at radius 2 is 2.33 bits per heavy atom. The third kappa shape index (κ3) is 2.84. The van der Waals surface area contributed by atoms with Crippen LogP contribution >= 0.6 is 11.3 Å². The number of thiophene rings is 1. The van der Waals surface area contributed by atoms with Crippen molar-refractivity contribution in [2.75, 3.05) is 7.11 Å². The molecule has 3 rings (SSSR count). The number of aliphatic imine (C=N–C) groups is 1. The summed E-state index contributed by atoms with van der Waals surface area (Å²) in [7, 11) is 0.184. The van der Waals surface area contributed by atoms with E-state index in [0.717, 1.165) is 4.88 Å². The summed E-state index contributed by atoms with van der Waals surface area (Å²) < 4.78 is 10.1. The molecule has 106 valence electrons. The largest absolute Gasteiger partial charge is 0.563 e. The Labute approximate surface area is 126 Å². The minimum absolute atomic E-state index is 0.357. The van der Waals surface area contributed by atoms with Crippen LogP contribution in [0.25, 0.3) is 0 Å². The van der Waals surface area contributed by atoms with E-state index < -0.39 is 13.1 Å². The molecule has 0 unspecified atom stereocenters. The number of esters is 1. The topological polar surface area (TPSA) is 68.1 Å². The van der Waals surface area contributed by atoms with E-state index in [1.54, 1.807) is 23.5 Å². The number of nitrogens with zero attached hydrogens (tertiary/aromatic N) is 1. The fraction of sp³-hybridized carbons (Fsp3) is 0.143. The lowest BCUT2D eigenvalue weighted by molar-refractivity contribution is 0.0601. The van der Waals surface area contributed by atoms with Crippen molar-refractivity contribution in [1.82, 2.24) is 0 Å². The molecule has 21 heavy (non-hydrogen) atoms. The Balaban J connectivity index is 1.91. The van der Waals surface area contributed by atoms with Crippen LogP contribution in [0.5, 0.6) is 0 Å². The fourth-order valence-corrected chi connectivity index (χ4v) is 2.79. The number of rotatable bonds is 3. The number of benzene rings is 1. The van der Waals surface area contributed by atoms with Crippen molar-refractivity contribution >= 4 is 41.5 Å². The number of hydrogen-bond acceptors (Lipinski definition) is 6. The maximum Gasteiger partial charge on any atom is 0.563 e. The molecular formula is C14H12BNO4S. The lowest BCUT2D eigenvalue weighted by Gasteiger charge is -2.19. The van der Waals surface area contributed by atoms with Crippen molar-refractivity contribution in [2.24, 2.45) is 4.99 Å². The minimum atomic E-state index is -1.13. The molecule has 1 N–H and O–H groups in total. The van der Waals surface area contributed by atoms with Gasteiger partial charge < -0.3 is 14.4 Å². The van der Waals surface area contributed by atoms with E-state index in [4.69, 9.17) is 4.65 Å². The quantitative estimate of drug-likeness (QED) is 0.689. The van der Waals surface area contributed by atoms with Gasteiger partial charge in [-0.3, -0.25) is 0 Å². The lowest BCUT2D eigenvalue weighted by atomic mass is 9.76. The Morgan fingerprint density at radius 3 is 3.05 bits per heavy atom. The van der Waals surface area contributed by atoms with Gasteiger partial charge >= 0.3 is 13.1 Å². The summed E-state index contributed by atoms with van der Waals surface area (Å²) in [5.41, 5.74) is 1.43. The number of methoxy groups -OCH3 is 1. The maximum atomic E-state index is 11.5. The van der Waals surface area contributed by atoms with Crippen molar-refractivity contribution in [2.45, 2.75) is 6.42 Å². The van der Waals surface area contributed by atoms with Gasteiger partial charge in [-0.15, -0.1) is 11.3 Å². The molecule has 1 aromatic carbocycles. The highest BCUT2D eigenvalue weighted by molar-refractivity contribution is 7.10. The van der Waals surface area contributed by atoms with Gasteiger partial charge in [0.15, 0.2) is 5.90 Å². The van der Waals surface area contributed by atoms with Gasteiger partial charge in [-0.1, -0.05) is 6.07 Å². The van der Waals surface area contributed by atoms with Crippen LogP contribution in [0, 0.1) is 0 Å². The van der Waals surface area contributed by atoms with Gasteiger partial charge in [0.2, 0.25) is 0 Å². The van der Waals surface area contributed by atoms with Gasteiger partial charge in [0, 0.05) is 10.3 Å². The highest BCUT2D eigenvalue weighted by Gasteiger charge is 2.29. The Bertz CT molecular complexity index is 699. The predicted molar refractivity (Wildman–Crippen MR) is 81.6 cm³/mol. The molecule has 2 heterocycles. The van der Waals surface area contributed by atoms with Crippen LogP contribution in [0.3, 0.4) is 0 Å². The Kier molecular flexibility index (Phi) is 3.77. The van der Waals surface area contributed by atoms with E-state index in [1.807, 2.05) is 17.5 Å². The molecule has 1 aliphatic rings. The molecule has 7 heteroatoms. The molecule has 0 aliphatic carbocycles. The first-order valence-electron chi connectivity index (χ1n) is 6.34. The monoisotopic (exact) mass is 301 g/mol. The predicted octanol–water partition coefficient (Wildman–Crippen LogP) is 1.53. The molecule has 0 amide bonds. The van der Waals surface area contributed by atoms with Crippen molar-refractivity contribution in [3.63, 3.8) is 0 Å². The molecule has 1 aliphatic heterocycles. The molecule has 5 nitrogen and oxygen atoms in total. The summed E-state index contributed by atoms with van der Waals surface area (Å²) in [4.78, 5) is 17.0. The Morgan fingerprint density at radius 1 is 1.48 bits per heavy atom. The first-order chi connectivity index (χ1) is 10.2. The molecule has 1 aromatic heterocycles. The van der Waals surface area contributed by atoms with E-state index in [1.165, 1.54) is 13.2 Å². The van der Waals surface area contributed by atoms with Crippen LogP contribution in [0.1, 0.15) is 15.2 Å². The number of carbonyl (C=O) groups is 1. The summed E-state index contributed by atoms with van der Waals surface area (Å²) in [6.07, 6.45) is 0.535. The molecule has 0 fully saturated rings. The highest BCUT2D eigenvalue weighted by atomic mass is 32.1. The molecule has 0 atom stereocenters. The van der Waals surface area contributed by atoms with Crippen molar-refractivity contribution in [3.05, 3.63) is 46.2 Å². The van der Waals surface area contributed by atoms with Crippen molar-refractivity contribution in [1.29, 1.82) is 0 Å². The van der Waals surface area contributed by atoms with Gasteiger partial charge in [-0.05, 0) is 29.6 Å². The minimum Gasteiger partial charge on any atom is -0.521 e.